The maximum absolute atomic E-state index is 12.4. The minimum atomic E-state index is -0.278. The van der Waals surface area contributed by atoms with E-state index in [1.54, 1.807) is 18.2 Å². The largest absolute Gasteiger partial charge is 0.338 e. The van der Waals surface area contributed by atoms with E-state index in [2.05, 4.69) is 27.5 Å². The number of anilines is 1. The summed E-state index contributed by atoms with van der Waals surface area (Å²) in [6.45, 7) is 2.07. The van der Waals surface area contributed by atoms with Crippen molar-refractivity contribution in [3.8, 4) is 11.4 Å². The topological polar surface area (TPSA) is 69.8 Å². The van der Waals surface area contributed by atoms with Crippen LogP contribution in [0.25, 0.3) is 22.4 Å². The van der Waals surface area contributed by atoms with Crippen LogP contribution >= 0.6 is 23.8 Å². The number of imidazole rings is 1. The number of H-pyrrole nitrogens is 1. The summed E-state index contributed by atoms with van der Waals surface area (Å²) in [6.07, 6.45) is 0.919. The molecule has 30 heavy (non-hydrogen) atoms. The maximum atomic E-state index is 12.4. The van der Waals surface area contributed by atoms with Gasteiger partial charge in [0.05, 0.1) is 21.7 Å². The van der Waals surface area contributed by atoms with Gasteiger partial charge in [0.15, 0.2) is 5.11 Å². The highest BCUT2D eigenvalue weighted by atomic mass is 35.5. The van der Waals surface area contributed by atoms with Crippen LogP contribution in [0.1, 0.15) is 22.8 Å². The third-order valence-corrected chi connectivity index (χ3v) is 5.26. The molecule has 0 bridgehead atoms. The average Bonchev–Trinajstić information content (AvgIpc) is 3.19. The predicted molar refractivity (Wildman–Crippen MR) is 126 cm³/mol. The minimum absolute atomic E-state index is 0.170. The smallest absolute Gasteiger partial charge is 0.257 e. The molecule has 0 aliphatic heterocycles. The average molecular weight is 435 g/mol. The molecule has 0 aliphatic carbocycles. The number of hydrogen-bond acceptors (Lipinski definition) is 3. The van der Waals surface area contributed by atoms with E-state index in [1.807, 2.05) is 48.5 Å². The van der Waals surface area contributed by atoms with Gasteiger partial charge in [-0.15, -0.1) is 0 Å². The van der Waals surface area contributed by atoms with Crippen molar-refractivity contribution in [3.05, 3.63) is 82.9 Å². The van der Waals surface area contributed by atoms with E-state index in [-0.39, 0.29) is 11.0 Å². The van der Waals surface area contributed by atoms with Crippen molar-refractivity contribution in [2.24, 2.45) is 0 Å². The summed E-state index contributed by atoms with van der Waals surface area (Å²) in [7, 11) is 0. The van der Waals surface area contributed by atoms with Gasteiger partial charge in [0.1, 0.15) is 5.82 Å². The van der Waals surface area contributed by atoms with Gasteiger partial charge >= 0.3 is 0 Å². The molecule has 0 fully saturated rings. The number of nitrogens with one attached hydrogen (secondary N) is 3. The van der Waals surface area contributed by atoms with Crippen LogP contribution in [-0.2, 0) is 6.42 Å². The van der Waals surface area contributed by atoms with Gasteiger partial charge in [-0.2, -0.15) is 0 Å². The third-order valence-electron chi connectivity index (χ3n) is 4.73. The Bertz CT molecular complexity index is 1200. The Hall–Kier alpha value is -3.22. The lowest BCUT2D eigenvalue weighted by molar-refractivity contribution is 0.0977. The number of rotatable bonds is 4. The van der Waals surface area contributed by atoms with Gasteiger partial charge in [0.2, 0.25) is 0 Å². The first kappa shape index (κ1) is 20.1. The zero-order valence-corrected chi connectivity index (χ0v) is 17.8. The second-order valence-electron chi connectivity index (χ2n) is 6.76. The number of aromatic amines is 1. The lowest BCUT2D eigenvalue weighted by atomic mass is 10.1. The molecule has 1 aromatic heterocycles. The van der Waals surface area contributed by atoms with Gasteiger partial charge in [-0.05, 0) is 66.7 Å². The van der Waals surface area contributed by atoms with Gasteiger partial charge < -0.3 is 10.3 Å². The summed E-state index contributed by atoms with van der Waals surface area (Å²) in [4.78, 5) is 20.3. The van der Waals surface area contributed by atoms with E-state index in [0.717, 1.165) is 28.8 Å². The Morgan fingerprint density at radius 3 is 2.60 bits per heavy atom. The Labute approximate surface area is 184 Å². The van der Waals surface area contributed by atoms with Crippen molar-refractivity contribution >= 4 is 51.6 Å². The number of hydrogen-bond donors (Lipinski definition) is 3. The number of halogens is 1. The Morgan fingerprint density at radius 2 is 1.87 bits per heavy atom. The van der Waals surface area contributed by atoms with Gasteiger partial charge in [0.25, 0.3) is 5.91 Å². The standard InChI is InChI=1S/C23H19ClN4OS/c1-2-14-7-9-15(10-8-14)22(29)28-23(30)27-20-13-16(11-12-17(20)24)21-25-18-5-3-4-6-19(18)26-21/h3-13H,2H2,1H3,(H,25,26)(H2,27,28,29,30). The molecule has 4 aromatic rings. The van der Waals surface area contributed by atoms with Gasteiger partial charge in [0, 0.05) is 11.1 Å². The number of carbonyl (C=O) groups is 1. The summed E-state index contributed by atoms with van der Waals surface area (Å²) in [6, 6.07) is 20.7. The van der Waals surface area contributed by atoms with Gasteiger partial charge in [-0.3, -0.25) is 10.1 Å². The molecular formula is C23H19ClN4OS. The van der Waals surface area contributed by atoms with Crippen LogP contribution in [0, 0.1) is 0 Å². The summed E-state index contributed by atoms with van der Waals surface area (Å²) in [5.41, 5.74) is 4.98. The Kier molecular flexibility index (Phi) is 5.79. The van der Waals surface area contributed by atoms with Gasteiger partial charge in [-0.1, -0.05) is 42.8 Å². The highest BCUT2D eigenvalue weighted by Gasteiger charge is 2.12. The van der Waals surface area contributed by atoms with Crippen molar-refractivity contribution < 1.29 is 4.79 Å². The molecule has 0 saturated carbocycles. The number of thiocarbonyl (C=S) groups is 1. The number of para-hydroxylation sites is 2. The van der Waals surface area contributed by atoms with Crippen LogP contribution in [0.4, 0.5) is 5.69 Å². The first-order valence-corrected chi connectivity index (χ1v) is 10.3. The summed E-state index contributed by atoms with van der Waals surface area (Å²) < 4.78 is 0. The fourth-order valence-electron chi connectivity index (χ4n) is 3.08. The number of aromatic nitrogens is 2. The molecule has 0 unspecified atom stereocenters. The summed E-state index contributed by atoms with van der Waals surface area (Å²) in [5, 5.41) is 6.35. The van der Waals surface area contributed by atoms with Crippen molar-refractivity contribution in [3.63, 3.8) is 0 Å². The molecule has 0 spiro atoms. The van der Waals surface area contributed by atoms with E-state index in [4.69, 9.17) is 23.8 Å². The number of carbonyl (C=O) groups excluding carboxylic acids is 1. The second-order valence-corrected chi connectivity index (χ2v) is 7.57. The van der Waals surface area contributed by atoms with E-state index < -0.39 is 0 Å². The monoisotopic (exact) mass is 434 g/mol. The molecule has 0 aliphatic rings. The normalized spacial score (nSPS) is 10.7. The minimum Gasteiger partial charge on any atom is -0.338 e. The Balaban J connectivity index is 1.50. The quantitative estimate of drug-likeness (QED) is 0.367. The summed E-state index contributed by atoms with van der Waals surface area (Å²) >= 11 is 11.6. The number of amides is 1. The van der Waals surface area contributed by atoms with Crippen LogP contribution in [0.3, 0.4) is 0 Å². The zero-order valence-electron chi connectivity index (χ0n) is 16.2. The molecule has 3 N–H and O–H groups in total. The van der Waals surface area contributed by atoms with Crippen molar-refractivity contribution in [2.75, 3.05) is 5.32 Å². The van der Waals surface area contributed by atoms with E-state index in [9.17, 15) is 4.79 Å². The van der Waals surface area contributed by atoms with E-state index >= 15 is 0 Å². The molecule has 0 radical (unpaired) electrons. The zero-order chi connectivity index (χ0) is 21.1. The number of nitrogens with zero attached hydrogens (tertiary/aromatic N) is 1. The SMILES string of the molecule is CCc1ccc(C(=O)NC(=S)Nc2cc(-c3nc4ccccc4[nH]3)ccc2Cl)cc1. The predicted octanol–water partition coefficient (Wildman–Crippen LogP) is 5.57. The molecule has 1 amide bonds. The molecule has 0 saturated heterocycles. The molecule has 5 nitrogen and oxygen atoms in total. The second kappa shape index (κ2) is 8.65. The molecule has 0 atom stereocenters. The van der Waals surface area contributed by atoms with Gasteiger partial charge in [-0.25, -0.2) is 4.98 Å². The van der Waals surface area contributed by atoms with Crippen molar-refractivity contribution in [2.45, 2.75) is 13.3 Å². The molecule has 3 aromatic carbocycles. The fraction of sp³-hybridized carbons (Fsp3) is 0.0870. The third kappa shape index (κ3) is 4.35. The number of fused-ring (bicyclic) bond motifs is 1. The molecule has 4 rings (SSSR count). The highest BCUT2D eigenvalue weighted by molar-refractivity contribution is 7.80. The van der Waals surface area contributed by atoms with E-state index in [0.29, 0.717) is 16.3 Å². The lowest BCUT2D eigenvalue weighted by Crippen LogP contribution is -2.34. The van der Waals surface area contributed by atoms with Crippen LogP contribution in [-0.4, -0.2) is 21.0 Å². The van der Waals surface area contributed by atoms with Crippen molar-refractivity contribution in [1.29, 1.82) is 0 Å². The Morgan fingerprint density at radius 1 is 1.10 bits per heavy atom. The first-order chi connectivity index (χ1) is 14.5. The molecule has 7 heteroatoms. The summed E-state index contributed by atoms with van der Waals surface area (Å²) in [5.74, 6) is 0.446. The van der Waals surface area contributed by atoms with Crippen LogP contribution in [0.15, 0.2) is 66.7 Å². The highest BCUT2D eigenvalue weighted by Crippen LogP contribution is 2.28. The van der Waals surface area contributed by atoms with Crippen LogP contribution in [0.2, 0.25) is 5.02 Å². The lowest BCUT2D eigenvalue weighted by Gasteiger charge is -2.12. The number of benzene rings is 3. The van der Waals surface area contributed by atoms with Crippen LogP contribution < -0.4 is 10.6 Å². The molecule has 150 valence electrons. The number of aryl methyl sites for hydroxylation is 1. The maximum Gasteiger partial charge on any atom is 0.257 e. The molecule has 1 heterocycles. The molecular weight excluding hydrogens is 416 g/mol. The van der Waals surface area contributed by atoms with E-state index in [1.165, 1.54) is 5.56 Å². The van der Waals surface area contributed by atoms with Crippen LogP contribution in [0.5, 0.6) is 0 Å². The fourth-order valence-corrected chi connectivity index (χ4v) is 3.45. The van der Waals surface area contributed by atoms with Crippen molar-refractivity contribution in [1.82, 2.24) is 15.3 Å². The first-order valence-electron chi connectivity index (χ1n) is 9.49.